The largest absolute Gasteiger partial charge is 0.292 e. The third-order valence-corrected chi connectivity index (χ3v) is 7.06. The maximum atomic E-state index is 13.4. The van der Waals surface area contributed by atoms with E-state index < -0.39 is 41.9 Å². The van der Waals surface area contributed by atoms with Crippen LogP contribution < -0.4 is 0 Å². The van der Waals surface area contributed by atoms with E-state index in [-0.39, 0.29) is 16.1 Å². The summed E-state index contributed by atoms with van der Waals surface area (Å²) in [7, 11) is 0. The molecule has 1 saturated heterocycles. The van der Waals surface area contributed by atoms with Gasteiger partial charge in [-0.3, -0.25) is 19.2 Å². The first-order valence-electron chi connectivity index (χ1n) is 10.6. The first-order valence-corrected chi connectivity index (χ1v) is 11.7. The number of ketones is 1. The van der Waals surface area contributed by atoms with Gasteiger partial charge in [0.1, 0.15) is 6.54 Å². The molecular formula is C24H21Cl3N2O4. The Labute approximate surface area is 206 Å². The Morgan fingerprint density at radius 1 is 0.939 bits per heavy atom. The molecule has 0 bridgehead atoms. The number of benzene rings is 2. The van der Waals surface area contributed by atoms with Crippen molar-refractivity contribution in [2.45, 2.75) is 26.2 Å². The van der Waals surface area contributed by atoms with Crippen LogP contribution in [0.1, 0.15) is 46.9 Å². The van der Waals surface area contributed by atoms with Gasteiger partial charge in [0.25, 0.3) is 17.7 Å². The number of fused-ring (bicyclic) bond motifs is 1. The van der Waals surface area contributed by atoms with E-state index in [0.717, 1.165) is 16.4 Å². The highest BCUT2D eigenvalue weighted by Gasteiger charge is 2.52. The Kier molecular flexibility index (Phi) is 6.80. The lowest BCUT2D eigenvalue weighted by molar-refractivity contribution is -0.154. The second-order valence-corrected chi connectivity index (χ2v) is 9.82. The standard InChI is InChI=1S/C24H21Cl3N2O4/c1-13-2-8-17-19(10-13)24(33)29(23(17)32)28(22(31)14-3-5-15(25)6-4-14)12-21(30)18-9-7-16(26)11-20(18)27/h3-7,9,11,13,17,19H,2,8,10,12H2,1H3/t13-,17-,19+/m1/s1. The van der Waals surface area contributed by atoms with Crippen LogP contribution in [0.25, 0.3) is 0 Å². The van der Waals surface area contributed by atoms with Gasteiger partial charge in [0.15, 0.2) is 5.78 Å². The molecular weight excluding hydrogens is 487 g/mol. The molecule has 0 radical (unpaired) electrons. The van der Waals surface area contributed by atoms with Crippen molar-refractivity contribution in [1.29, 1.82) is 0 Å². The summed E-state index contributed by atoms with van der Waals surface area (Å²) in [5.74, 6) is -2.75. The number of imide groups is 1. The van der Waals surface area contributed by atoms with E-state index in [1.807, 2.05) is 6.92 Å². The number of carbonyl (C=O) groups excluding carboxylic acids is 4. The summed E-state index contributed by atoms with van der Waals surface area (Å²) in [6, 6.07) is 10.4. The summed E-state index contributed by atoms with van der Waals surface area (Å²) < 4.78 is 0. The van der Waals surface area contributed by atoms with Crippen LogP contribution in [-0.4, -0.2) is 40.1 Å². The first kappa shape index (κ1) is 23.7. The molecule has 1 aliphatic heterocycles. The van der Waals surface area contributed by atoms with Gasteiger partial charge in [-0.05, 0) is 67.6 Å². The molecule has 3 amide bonds. The predicted molar refractivity (Wildman–Crippen MR) is 125 cm³/mol. The zero-order valence-electron chi connectivity index (χ0n) is 17.8. The fraction of sp³-hybridized carbons (Fsp3) is 0.333. The number of halogens is 3. The van der Waals surface area contributed by atoms with Crippen molar-refractivity contribution in [3.8, 4) is 0 Å². The third-order valence-electron chi connectivity index (χ3n) is 6.26. The normalized spacial score (nSPS) is 22.3. The minimum Gasteiger partial charge on any atom is -0.292 e. The number of hydrazine groups is 1. The number of carbonyl (C=O) groups is 4. The van der Waals surface area contributed by atoms with E-state index in [1.165, 1.54) is 42.5 Å². The molecule has 9 heteroatoms. The SMILES string of the molecule is C[C@@H]1CC[C@H]2C(=O)N(N(CC(=O)c3ccc(Cl)cc3Cl)C(=O)c3ccc(Cl)cc3)C(=O)[C@H]2C1. The molecule has 0 aromatic heterocycles. The Morgan fingerprint density at radius 2 is 1.58 bits per heavy atom. The summed E-state index contributed by atoms with van der Waals surface area (Å²) in [6.07, 6.45) is 1.98. The highest BCUT2D eigenvalue weighted by atomic mass is 35.5. The second-order valence-electron chi connectivity index (χ2n) is 8.54. The van der Waals surface area contributed by atoms with Gasteiger partial charge in [-0.25, -0.2) is 5.01 Å². The topological polar surface area (TPSA) is 74.8 Å². The molecule has 172 valence electrons. The van der Waals surface area contributed by atoms with Crippen molar-refractivity contribution in [1.82, 2.24) is 10.0 Å². The number of amides is 3. The summed E-state index contributed by atoms with van der Waals surface area (Å²) in [6.45, 7) is 1.51. The molecule has 2 aromatic rings. The molecule has 1 aliphatic carbocycles. The van der Waals surface area contributed by atoms with E-state index in [2.05, 4.69) is 0 Å². The molecule has 33 heavy (non-hydrogen) atoms. The molecule has 1 saturated carbocycles. The number of nitrogens with zero attached hydrogens (tertiary/aromatic N) is 2. The maximum absolute atomic E-state index is 13.4. The lowest BCUT2D eigenvalue weighted by Crippen LogP contribution is -2.52. The highest BCUT2D eigenvalue weighted by Crippen LogP contribution is 2.41. The molecule has 2 aromatic carbocycles. The Balaban J connectivity index is 1.70. The van der Waals surface area contributed by atoms with Crippen LogP contribution in [0.15, 0.2) is 42.5 Å². The minimum atomic E-state index is -0.654. The third kappa shape index (κ3) is 4.65. The monoisotopic (exact) mass is 506 g/mol. The van der Waals surface area contributed by atoms with Gasteiger partial charge < -0.3 is 0 Å². The average molecular weight is 508 g/mol. The van der Waals surface area contributed by atoms with Gasteiger partial charge in [-0.2, -0.15) is 5.01 Å². The smallest absolute Gasteiger partial charge is 0.273 e. The van der Waals surface area contributed by atoms with E-state index in [9.17, 15) is 19.2 Å². The summed E-state index contributed by atoms with van der Waals surface area (Å²) in [4.78, 5) is 53.1. The number of hydrogen-bond donors (Lipinski definition) is 0. The number of Topliss-reactive ketones (excluding diaryl/α,β-unsaturated/α-hetero) is 1. The van der Waals surface area contributed by atoms with Crippen molar-refractivity contribution in [3.05, 3.63) is 68.7 Å². The molecule has 6 nitrogen and oxygen atoms in total. The zero-order chi connectivity index (χ0) is 23.9. The van der Waals surface area contributed by atoms with Crippen molar-refractivity contribution in [3.63, 3.8) is 0 Å². The van der Waals surface area contributed by atoms with Crippen LogP contribution in [0.5, 0.6) is 0 Å². The number of rotatable bonds is 5. The maximum Gasteiger partial charge on any atom is 0.273 e. The molecule has 3 atom stereocenters. The zero-order valence-corrected chi connectivity index (χ0v) is 20.0. The van der Waals surface area contributed by atoms with Crippen molar-refractivity contribution in [2.75, 3.05) is 6.54 Å². The lowest BCUT2D eigenvalue weighted by atomic mass is 9.76. The fourth-order valence-corrected chi connectivity index (χ4v) is 5.16. The van der Waals surface area contributed by atoms with E-state index in [4.69, 9.17) is 34.8 Å². The fourth-order valence-electron chi connectivity index (χ4n) is 4.52. The molecule has 1 heterocycles. The Bertz CT molecular complexity index is 1140. The van der Waals surface area contributed by atoms with Crippen LogP contribution >= 0.6 is 34.8 Å². The van der Waals surface area contributed by atoms with Crippen LogP contribution in [0.3, 0.4) is 0 Å². The van der Waals surface area contributed by atoms with Gasteiger partial charge in [0, 0.05) is 21.2 Å². The van der Waals surface area contributed by atoms with E-state index in [0.29, 0.717) is 28.8 Å². The number of hydrogen-bond acceptors (Lipinski definition) is 4. The summed E-state index contributed by atoms with van der Waals surface area (Å²) in [5, 5.41) is 2.70. The molecule has 2 aliphatic rings. The Morgan fingerprint density at radius 3 is 2.24 bits per heavy atom. The predicted octanol–water partition coefficient (Wildman–Crippen LogP) is 5.31. The van der Waals surface area contributed by atoms with Gasteiger partial charge in [-0.15, -0.1) is 0 Å². The Hall–Kier alpha value is -2.41. The second kappa shape index (κ2) is 9.45. The average Bonchev–Trinajstić information content (AvgIpc) is 3.01. The van der Waals surface area contributed by atoms with Crippen LogP contribution in [0, 0.1) is 17.8 Å². The highest BCUT2D eigenvalue weighted by molar-refractivity contribution is 6.37. The quantitative estimate of drug-likeness (QED) is 0.406. The molecule has 0 spiro atoms. The van der Waals surface area contributed by atoms with E-state index in [1.54, 1.807) is 0 Å². The molecule has 2 fully saturated rings. The summed E-state index contributed by atoms with van der Waals surface area (Å²) >= 11 is 18.0. The van der Waals surface area contributed by atoms with Crippen LogP contribution in [-0.2, 0) is 9.59 Å². The first-order chi connectivity index (χ1) is 15.7. The van der Waals surface area contributed by atoms with Crippen molar-refractivity contribution < 1.29 is 19.2 Å². The van der Waals surface area contributed by atoms with E-state index >= 15 is 0 Å². The van der Waals surface area contributed by atoms with Gasteiger partial charge in [0.2, 0.25) is 0 Å². The van der Waals surface area contributed by atoms with Gasteiger partial charge >= 0.3 is 0 Å². The van der Waals surface area contributed by atoms with Crippen molar-refractivity contribution >= 4 is 58.3 Å². The molecule has 0 N–H and O–H groups in total. The lowest BCUT2D eigenvalue weighted by Gasteiger charge is -2.30. The van der Waals surface area contributed by atoms with Crippen LogP contribution in [0.2, 0.25) is 15.1 Å². The molecule has 0 unspecified atom stereocenters. The van der Waals surface area contributed by atoms with Crippen molar-refractivity contribution in [2.24, 2.45) is 17.8 Å². The van der Waals surface area contributed by atoms with Gasteiger partial charge in [-0.1, -0.05) is 41.7 Å². The van der Waals surface area contributed by atoms with Crippen LogP contribution in [0.4, 0.5) is 0 Å². The molecule has 4 rings (SSSR count). The summed E-state index contributed by atoms with van der Waals surface area (Å²) in [5.41, 5.74) is 0.332. The minimum absolute atomic E-state index is 0.118. The van der Waals surface area contributed by atoms with Gasteiger partial charge in [0.05, 0.1) is 16.9 Å².